The van der Waals surface area contributed by atoms with Crippen LogP contribution in [0.5, 0.6) is 0 Å². The number of likely N-dealkylation sites (N-methyl/N-ethyl adjacent to an activating group) is 1. The van der Waals surface area contributed by atoms with Gasteiger partial charge >= 0.3 is 0 Å². The normalized spacial score (nSPS) is 11.5. The fourth-order valence-corrected chi connectivity index (χ4v) is 0.703. The van der Waals surface area contributed by atoms with Crippen molar-refractivity contribution in [3.05, 3.63) is 12.2 Å². The minimum absolute atomic E-state index is 0.0214. The van der Waals surface area contributed by atoms with Gasteiger partial charge in [0.2, 0.25) is 5.91 Å². The highest BCUT2D eigenvalue weighted by Gasteiger charge is 1.96. The Morgan fingerprint density at radius 3 is 2.50 bits per heavy atom. The molecule has 0 heterocycles. The second kappa shape index (κ2) is 5.77. The van der Waals surface area contributed by atoms with Gasteiger partial charge in [0.25, 0.3) is 0 Å². The Morgan fingerprint density at radius 2 is 2.08 bits per heavy atom. The van der Waals surface area contributed by atoms with Crippen molar-refractivity contribution >= 4 is 5.91 Å². The molecule has 1 N–H and O–H groups in total. The van der Waals surface area contributed by atoms with Gasteiger partial charge in [-0.3, -0.25) is 4.79 Å². The topological polar surface area (TPSA) is 32.3 Å². The second-order valence-corrected chi connectivity index (χ2v) is 3.33. The van der Waals surface area contributed by atoms with Crippen LogP contribution < -0.4 is 5.32 Å². The number of rotatable bonds is 4. The molecule has 0 unspecified atom stereocenters. The summed E-state index contributed by atoms with van der Waals surface area (Å²) in [6.07, 6.45) is 3.41. The molecule has 0 aliphatic heterocycles. The monoisotopic (exact) mass is 170 g/mol. The molecule has 0 radical (unpaired) electrons. The molecule has 0 bridgehead atoms. The Hall–Kier alpha value is -0.830. The van der Waals surface area contributed by atoms with E-state index < -0.39 is 0 Å². The molecule has 70 valence electrons. The lowest BCUT2D eigenvalue weighted by Gasteiger charge is -2.05. The maximum Gasteiger partial charge on any atom is 0.243 e. The largest absolute Gasteiger partial charge is 0.350 e. The van der Waals surface area contributed by atoms with Gasteiger partial charge in [0.1, 0.15) is 0 Å². The van der Waals surface area contributed by atoms with Gasteiger partial charge in [-0.25, -0.2) is 0 Å². The first kappa shape index (κ1) is 11.2. The van der Waals surface area contributed by atoms with E-state index in [-0.39, 0.29) is 11.9 Å². The van der Waals surface area contributed by atoms with Crippen LogP contribution in [0.4, 0.5) is 0 Å². The van der Waals surface area contributed by atoms with E-state index in [0.29, 0.717) is 0 Å². The molecule has 12 heavy (non-hydrogen) atoms. The van der Waals surface area contributed by atoms with Crippen molar-refractivity contribution in [2.75, 3.05) is 20.6 Å². The molecular formula is C9H18N2O. The van der Waals surface area contributed by atoms with E-state index in [1.807, 2.05) is 38.9 Å². The van der Waals surface area contributed by atoms with Crippen molar-refractivity contribution < 1.29 is 4.79 Å². The number of nitrogens with one attached hydrogen (secondary N) is 1. The Kier molecular flexibility index (Phi) is 5.37. The summed E-state index contributed by atoms with van der Waals surface area (Å²) in [6, 6.07) is 0.210. The van der Waals surface area contributed by atoms with Gasteiger partial charge in [-0.15, -0.1) is 0 Å². The molecule has 1 amide bonds. The van der Waals surface area contributed by atoms with Crippen molar-refractivity contribution in [1.82, 2.24) is 10.2 Å². The summed E-state index contributed by atoms with van der Waals surface area (Å²) >= 11 is 0. The maximum absolute atomic E-state index is 11.0. The highest BCUT2D eigenvalue weighted by atomic mass is 16.1. The molecule has 0 spiro atoms. The Morgan fingerprint density at radius 1 is 1.50 bits per heavy atom. The lowest BCUT2D eigenvalue weighted by molar-refractivity contribution is -0.116. The second-order valence-electron chi connectivity index (χ2n) is 3.33. The summed E-state index contributed by atoms with van der Waals surface area (Å²) in [5.74, 6) is -0.0214. The molecule has 0 aliphatic rings. The summed E-state index contributed by atoms with van der Waals surface area (Å²) in [5.41, 5.74) is 0. The van der Waals surface area contributed by atoms with Crippen LogP contribution in [0.15, 0.2) is 12.2 Å². The van der Waals surface area contributed by atoms with Crippen LogP contribution in [0.25, 0.3) is 0 Å². The molecule has 0 aromatic rings. The highest BCUT2D eigenvalue weighted by molar-refractivity contribution is 5.87. The quantitative estimate of drug-likeness (QED) is 0.628. The minimum Gasteiger partial charge on any atom is -0.350 e. The molecule has 3 nitrogen and oxygen atoms in total. The molecule has 3 heteroatoms. The summed E-state index contributed by atoms with van der Waals surface area (Å²) in [5, 5.41) is 2.77. The summed E-state index contributed by atoms with van der Waals surface area (Å²) in [4.78, 5) is 13.0. The molecule has 0 rings (SSSR count). The van der Waals surface area contributed by atoms with Crippen LogP contribution in [-0.2, 0) is 4.79 Å². The number of nitrogens with zero attached hydrogens (tertiary/aromatic N) is 1. The molecular weight excluding hydrogens is 152 g/mol. The summed E-state index contributed by atoms with van der Waals surface area (Å²) in [7, 11) is 3.93. The van der Waals surface area contributed by atoms with Crippen LogP contribution >= 0.6 is 0 Å². The van der Waals surface area contributed by atoms with E-state index in [0.717, 1.165) is 6.54 Å². The number of hydrogen-bond donors (Lipinski definition) is 1. The molecule has 0 saturated heterocycles. The zero-order chi connectivity index (χ0) is 9.56. The molecule has 0 atom stereocenters. The fraction of sp³-hybridized carbons (Fsp3) is 0.667. The van der Waals surface area contributed by atoms with E-state index in [9.17, 15) is 4.79 Å². The molecule has 0 fully saturated rings. The van der Waals surface area contributed by atoms with Crippen molar-refractivity contribution in [3.63, 3.8) is 0 Å². The number of amides is 1. The van der Waals surface area contributed by atoms with E-state index in [4.69, 9.17) is 0 Å². The first-order valence-corrected chi connectivity index (χ1v) is 4.14. The first-order chi connectivity index (χ1) is 5.52. The summed E-state index contributed by atoms with van der Waals surface area (Å²) in [6.45, 7) is 4.68. The average molecular weight is 170 g/mol. The highest BCUT2D eigenvalue weighted by Crippen LogP contribution is 1.81. The van der Waals surface area contributed by atoms with E-state index in [2.05, 4.69) is 5.32 Å². The van der Waals surface area contributed by atoms with Crippen LogP contribution in [0.2, 0.25) is 0 Å². The number of hydrogen-bond acceptors (Lipinski definition) is 2. The predicted octanol–water partition coefficient (Wildman–Crippen LogP) is 0.629. The van der Waals surface area contributed by atoms with Crippen molar-refractivity contribution in [2.45, 2.75) is 19.9 Å². The van der Waals surface area contributed by atoms with E-state index in [1.54, 1.807) is 6.08 Å². The Labute approximate surface area is 74.4 Å². The molecule has 0 aromatic heterocycles. The van der Waals surface area contributed by atoms with Crippen molar-refractivity contribution in [2.24, 2.45) is 0 Å². The SMILES string of the molecule is CC(C)NC(=O)C=CCN(C)C. The third-order valence-corrected chi connectivity index (χ3v) is 1.17. The zero-order valence-electron chi connectivity index (χ0n) is 8.29. The zero-order valence-corrected chi connectivity index (χ0v) is 8.29. The van der Waals surface area contributed by atoms with Crippen LogP contribution in [0, 0.1) is 0 Å². The third kappa shape index (κ3) is 7.28. The van der Waals surface area contributed by atoms with E-state index in [1.165, 1.54) is 0 Å². The van der Waals surface area contributed by atoms with Gasteiger partial charge in [-0.1, -0.05) is 6.08 Å². The van der Waals surface area contributed by atoms with Gasteiger partial charge in [-0.05, 0) is 27.9 Å². The number of carbonyl (C=O) groups excluding carboxylic acids is 1. The van der Waals surface area contributed by atoms with Crippen molar-refractivity contribution in [3.8, 4) is 0 Å². The lowest BCUT2D eigenvalue weighted by Crippen LogP contribution is -2.28. The predicted molar refractivity (Wildman–Crippen MR) is 51.0 cm³/mol. The Bertz CT molecular complexity index is 162. The van der Waals surface area contributed by atoms with Crippen LogP contribution in [0.3, 0.4) is 0 Å². The van der Waals surface area contributed by atoms with Crippen LogP contribution in [0.1, 0.15) is 13.8 Å². The van der Waals surface area contributed by atoms with Gasteiger partial charge in [-0.2, -0.15) is 0 Å². The van der Waals surface area contributed by atoms with E-state index >= 15 is 0 Å². The number of carbonyl (C=O) groups is 1. The first-order valence-electron chi connectivity index (χ1n) is 4.14. The third-order valence-electron chi connectivity index (χ3n) is 1.17. The smallest absolute Gasteiger partial charge is 0.243 e. The van der Waals surface area contributed by atoms with Gasteiger partial charge < -0.3 is 10.2 Å². The van der Waals surface area contributed by atoms with Crippen LogP contribution in [-0.4, -0.2) is 37.5 Å². The standard InChI is InChI=1S/C9H18N2O/c1-8(2)10-9(12)6-5-7-11(3)4/h5-6,8H,7H2,1-4H3,(H,10,12). The Balaban J connectivity index is 3.61. The summed E-state index contributed by atoms with van der Waals surface area (Å²) < 4.78 is 0. The van der Waals surface area contributed by atoms with Gasteiger partial charge in [0, 0.05) is 18.7 Å². The molecule has 0 saturated carbocycles. The molecule has 0 aromatic carbocycles. The minimum atomic E-state index is -0.0214. The van der Waals surface area contributed by atoms with Crippen molar-refractivity contribution in [1.29, 1.82) is 0 Å². The fourth-order valence-electron chi connectivity index (χ4n) is 0.703. The average Bonchev–Trinajstić information content (AvgIpc) is 1.84. The maximum atomic E-state index is 11.0. The molecule has 0 aliphatic carbocycles. The lowest BCUT2D eigenvalue weighted by atomic mass is 10.3. The van der Waals surface area contributed by atoms with Gasteiger partial charge in [0.05, 0.1) is 0 Å². The van der Waals surface area contributed by atoms with Gasteiger partial charge in [0.15, 0.2) is 0 Å².